The van der Waals surface area contributed by atoms with Crippen molar-refractivity contribution in [1.82, 2.24) is 0 Å². The molecule has 0 aliphatic carbocycles. The minimum Gasteiger partial charge on any atom is -0.303 e. The summed E-state index contributed by atoms with van der Waals surface area (Å²) in [5, 5.41) is 10.9. The molecule has 0 aliphatic heterocycles. The van der Waals surface area contributed by atoms with Gasteiger partial charge in [-0.1, -0.05) is 51.2 Å². The highest BCUT2D eigenvalue weighted by Crippen LogP contribution is 2.10. The molecule has 0 aromatic heterocycles. The Morgan fingerprint density at radius 3 is 2.18 bits per heavy atom. The molecule has 0 unspecified atom stereocenters. The Balaban J connectivity index is 3.73. The van der Waals surface area contributed by atoms with E-state index in [1.807, 2.05) is 6.08 Å². The minimum atomic E-state index is -0.261. The summed E-state index contributed by atoms with van der Waals surface area (Å²) in [4.78, 5) is 20.8. The average molecular weight is 309 g/mol. The predicted octanol–water partition coefficient (Wildman–Crippen LogP) is 5.60. The smallest absolute Gasteiger partial charge is 0.246 e. The standard InChI is InChI=1S/C18H31NO3/c1-2-3-4-12-15-18(19(21)22)16-13-10-8-6-5-7-9-11-14-17-20/h10,13,15,17H,2-9,11-12,14,16H2,1H3/b13-10+,18-15+. The lowest BCUT2D eigenvalue weighted by Crippen LogP contribution is -1.97. The highest BCUT2D eigenvalue weighted by atomic mass is 16.6. The summed E-state index contributed by atoms with van der Waals surface area (Å²) in [7, 11) is 0. The van der Waals surface area contributed by atoms with Gasteiger partial charge in [0, 0.05) is 6.42 Å². The zero-order valence-electron chi connectivity index (χ0n) is 14.0. The van der Waals surface area contributed by atoms with Gasteiger partial charge in [0.05, 0.1) is 11.3 Å². The number of aldehydes is 1. The fourth-order valence-corrected chi connectivity index (χ4v) is 2.24. The third kappa shape index (κ3) is 13.5. The van der Waals surface area contributed by atoms with Gasteiger partial charge in [-0.25, -0.2) is 0 Å². The molecule has 0 spiro atoms. The van der Waals surface area contributed by atoms with Gasteiger partial charge in [-0.2, -0.15) is 0 Å². The molecular formula is C18H31NO3. The second kappa shape index (κ2) is 15.9. The van der Waals surface area contributed by atoms with Crippen molar-refractivity contribution in [1.29, 1.82) is 0 Å². The molecule has 4 nitrogen and oxygen atoms in total. The van der Waals surface area contributed by atoms with Crippen LogP contribution in [0.1, 0.15) is 84.0 Å². The van der Waals surface area contributed by atoms with Crippen molar-refractivity contribution in [3.63, 3.8) is 0 Å². The third-order valence-electron chi connectivity index (χ3n) is 3.61. The lowest BCUT2D eigenvalue weighted by atomic mass is 10.1. The van der Waals surface area contributed by atoms with E-state index in [0.717, 1.165) is 64.1 Å². The van der Waals surface area contributed by atoms with Gasteiger partial charge in [0.2, 0.25) is 5.70 Å². The van der Waals surface area contributed by atoms with Crippen LogP contribution in [0, 0.1) is 10.1 Å². The maximum Gasteiger partial charge on any atom is 0.246 e. The van der Waals surface area contributed by atoms with Crippen molar-refractivity contribution >= 4 is 6.29 Å². The van der Waals surface area contributed by atoms with E-state index in [9.17, 15) is 14.9 Å². The number of hydrogen-bond donors (Lipinski definition) is 0. The van der Waals surface area contributed by atoms with E-state index in [0.29, 0.717) is 18.5 Å². The Labute approximate surface area is 134 Å². The zero-order valence-corrected chi connectivity index (χ0v) is 14.0. The van der Waals surface area contributed by atoms with Gasteiger partial charge in [-0.3, -0.25) is 10.1 Å². The molecule has 0 N–H and O–H groups in total. The first kappa shape index (κ1) is 20.6. The van der Waals surface area contributed by atoms with Crippen LogP contribution in [-0.2, 0) is 4.79 Å². The van der Waals surface area contributed by atoms with Crippen molar-refractivity contribution in [3.8, 4) is 0 Å². The van der Waals surface area contributed by atoms with Crippen LogP contribution < -0.4 is 0 Å². The predicted molar refractivity (Wildman–Crippen MR) is 91.4 cm³/mol. The first-order valence-electron chi connectivity index (χ1n) is 8.64. The van der Waals surface area contributed by atoms with Crippen LogP contribution in [0.5, 0.6) is 0 Å². The van der Waals surface area contributed by atoms with E-state index in [-0.39, 0.29) is 4.92 Å². The molecule has 0 aromatic rings. The Morgan fingerprint density at radius 1 is 0.909 bits per heavy atom. The van der Waals surface area contributed by atoms with Gasteiger partial charge in [0.15, 0.2) is 0 Å². The average Bonchev–Trinajstić information content (AvgIpc) is 2.50. The molecule has 4 heteroatoms. The lowest BCUT2D eigenvalue weighted by Gasteiger charge is -1.98. The summed E-state index contributed by atoms with van der Waals surface area (Å²) in [6.45, 7) is 2.13. The highest BCUT2D eigenvalue weighted by molar-refractivity contribution is 5.48. The molecule has 0 saturated carbocycles. The molecule has 0 heterocycles. The second-order valence-corrected chi connectivity index (χ2v) is 5.64. The first-order chi connectivity index (χ1) is 10.7. The molecule has 0 fully saturated rings. The molecule has 126 valence electrons. The third-order valence-corrected chi connectivity index (χ3v) is 3.61. The second-order valence-electron chi connectivity index (χ2n) is 5.64. The summed E-state index contributed by atoms with van der Waals surface area (Å²) in [5.41, 5.74) is 0.321. The fourth-order valence-electron chi connectivity index (χ4n) is 2.24. The van der Waals surface area contributed by atoms with Gasteiger partial charge < -0.3 is 4.79 Å². The van der Waals surface area contributed by atoms with Gasteiger partial charge in [0.25, 0.3) is 0 Å². The van der Waals surface area contributed by atoms with Crippen LogP contribution in [0.3, 0.4) is 0 Å². The quantitative estimate of drug-likeness (QED) is 0.130. The number of allylic oxidation sites excluding steroid dienone is 3. The van der Waals surface area contributed by atoms with E-state index in [1.54, 1.807) is 6.08 Å². The van der Waals surface area contributed by atoms with Crippen molar-refractivity contribution in [2.75, 3.05) is 0 Å². The summed E-state index contributed by atoms with van der Waals surface area (Å²) in [5.74, 6) is 0. The number of nitrogens with zero attached hydrogens (tertiary/aromatic N) is 1. The molecule has 0 saturated heterocycles. The molecular weight excluding hydrogens is 278 g/mol. The van der Waals surface area contributed by atoms with Crippen LogP contribution in [0.15, 0.2) is 23.9 Å². The van der Waals surface area contributed by atoms with E-state index < -0.39 is 0 Å². The minimum absolute atomic E-state index is 0.261. The Bertz CT molecular complexity index is 348. The SMILES string of the molecule is CCCCC/C=C(\C/C=C/CCCCCCCC=O)[N+](=O)[O-]. The topological polar surface area (TPSA) is 60.2 Å². The van der Waals surface area contributed by atoms with Gasteiger partial charge in [0.1, 0.15) is 6.29 Å². The molecule has 0 rings (SSSR count). The molecule has 0 aliphatic rings. The maximum absolute atomic E-state index is 10.9. The number of unbranched alkanes of at least 4 members (excludes halogenated alkanes) is 9. The van der Waals surface area contributed by atoms with Crippen molar-refractivity contribution in [3.05, 3.63) is 34.0 Å². The Kier molecular flexibility index (Phi) is 14.9. The van der Waals surface area contributed by atoms with E-state index >= 15 is 0 Å². The highest BCUT2D eigenvalue weighted by Gasteiger charge is 2.06. The van der Waals surface area contributed by atoms with Crippen molar-refractivity contribution in [2.24, 2.45) is 0 Å². The first-order valence-corrected chi connectivity index (χ1v) is 8.64. The van der Waals surface area contributed by atoms with Crippen LogP contribution in [0.25, 0.3) is 0 Å². The van der Waals surface area contributed by atoms with E-state index in [4.69, 9.17) is 0 Å². The van der Waals surface area contributed by atoms with E-state index in [1.165, 1.54) is 6.42 Å². The molecule has 0 amide bonds. The fraction of sp³-hybridized carbons (Fsp3) is 0.722. The largest absolute Gasteiger partial charge is 0.303 e. The summed E-state index contributed by atoms with van der Waals surface area (Å²) in [6, 6.07) is 0. The van der Waals surface area contributed by atoms with Crippen LogP contribution in [0.4, 0.5) is 0 Å². The maximum atomic E-state index is 10.9. The van der Waals surface area contributed by atoms with Crippen LogP contribution in [-0.4, -0.2) is 11.2 Å². The number of nitro groups is 1. The summed E-state index contributed by atoms with van der Waals surface area (Å²) >= 11 is 0. The van der Waals surface area contributed by atoms with Crippen LogP contribution >= 0.6 is 0 Å². The Morgan fingerprint density at radius 2 is 1.55 bits per heavy atom. The van der Waals surface area contributed by atoms with Crippen LogP contribution in [0.2, 0.25) is 0 Å². The number of carbonyl (C=O) groups is 1. The molecule has 0 atom stereocenters. The van der Waals surface area contributed by atoms with Crippen molar-refractivity contribution in [2.45, 2.75) is 84.0 Å². The number of rotatable bonds is 15. The molecule has 0 aromatic carbocycles. The molecule has 0 radical (unpaired) electrons. The Hall–Kier alpha value is -1.45. The summed E-state index contributed by atoms with van der Waals surface area (Å²) < 4.78 is 0. The van der Waals surface area contributed by atoms with E-state index in [2.05, 4.69) is 13.0 Å². The molecule has 22 heavy (non-hydrogen) atoms. The number of hydrogen-bond acceptors (Lipinski definition) is 3. The lowest BCUT2D eigenvalue weighted by molar-refractivity contribution is -0.427. The molecule has 0 bridgehead atoms. The monoisotopic (exact) mass is 309 g/mol. The zero-order chi connectivity index (χ0) is 16.5. The van der Waals surface area contributed by atoms with Crippen molar-refractivity contribution < 1.29 is 9.72 Å². The van der Waals surface area contributed by atoms with Gasteiger partial charge in [-0.05, 0) is 38.2 Å². The summed E-state index contributed by atoms with van der Waals surface area (Å²) in [6.07, 6.45) is 18.5. The van der Waals surface area contributed by atoms with Gasteiger partial charge in [-0.15, -0.1) is 0 Å². The number of carbonyl (C=O) groups excluding carboxylic acids is 1. The van der Waals surface area contributed by atoms with Gasteiger partial charge >= 0.3 is 0 Å². The normalized spacial score (nSPS) is 12.0.